The normalized spacial score (nSPS) is 12.7. The molecule has 0 fully saturated rings. The summed E-state index contributed by atoms with van der Waals surface area (Å²) in [5.41, 5.74) is 1.25. The minimum atomic E-state index is -2.87. The second-order valence-corrected chi connectivity index (χ2v) is 18.6. The summed E-state index contributed by atoms with van der Waals surface area (Å²) in [6, 6.07) is 51.2. The number of carbonyl (C=O) groups is 2. The van der Waals surface area contributed by atoms with E-state index in [4.69, 9.17) is 8.85 Å². The fourth-order valence-electron chi connectivity index (χ4n) is 6.38. The molecule has 4 nitrogen and oxygen atoms in total. The Morgan fingerprint density at radius 3 is 0.978 bits per heavy atom. The van der Waals surface area contributed by atoms with Crippen LogP contribution in [0.2, 0.25) is 13.1 Å². The highest BCUT2D eigenvalue weighted by Crippen LogP contribution is 2.38. The van der Waals surface area contributed by atoms with E-state index in [1.54, 1.807) is 24.3 Å². The van der Waals surface area contributed by atoms with E-state index in [0.717, 1.165) is 20.7 Å². The Kier molecular flexibility index (Phi) is 7.60. The molecule has 7 rings (SSSR count). The van der Waals surface area contributed by atoms with Gasteiger partial charge in [0.1, 0.15) is 11.5 Å². The van der Waals surface area contributed by atoms with Crippen molar-refractivity contribution in [1.82, 2.24) is 0 Å². The van der Waals surface area contributed by atoms with Gasteiger partial charge < -0.3 is 8.85 Å². The minimum Gasteiger partial charge on any atom is -0.534 e. The third-order valence-corrected chi connectivity index (χ3v) is 15.9. The number of ketones is 2. The zero-order valence-electron chi connectivity index (χ0n) is 25.6. The molecule has 0 N–H and O–H groups in total. The largest absolute Gasteiger partial charge is 0.534 e. The number of rotatable bonds is 8. The smallest absolute Gasteiger partial charge is 0.311 e. The first-order valence-electron chi connectivity index (χ1n) is 15.4. The maximum absolute atomic E-state index is 14.7. The third kappa shape index (κ3) is 5.02. The lowest BCUT2D eigenvalue weighted by atomic mass is 9.83. The zero-order valence-corrected chi connectivity index (χ0v) is 27.6. The lowest BCUT2D eigenvalue weighted by Gasteiger charge is -2.33. The molecule has 0 heterocycles. The summed E-state index contributed by atoms with van der Waals surface area (Å²) in [5, 5.41) is 4.24. The van der Waals surface area contributed by atoms with Crippen molar-refractivity contribution in [3.63, 3.8) is 0 Å². The van der Waals surface area contributed by atoms with Gasteiger partial charge in [0, 0.05) is 11.1 Å². The number of hydrogen-bond donors (Lipinski definition) is 0. The fourth-order valence-corrected chi connectivity index (χ4v) is 12.1. The Bertz CT molecular complexity index is 1820. The van der Waals surface area contributed by atoms with Crippen molar-refractivity contribution in [3.8, 4) is 11.5 Å². The lowest BCUT2D eigenvalue weighted by molar-refractivity contribution is 0.0976. The topological polar surface area (TPSA) is 52.6 Å². The van der Waals surface area contributed by atoms with Crippen LogP contribution in [0.3, 0.4) is 0 Å². The highest BCUT2D eigenvalue weighted by Gasteiger charge is 2.42. The van der Waals surface area contributed by atoms with Crippen molar-refractivity contribution in [2.45, 2.75) is 13.1 Å². The second kappa shape index (κ2) is 11.9. The Labute approximate surface area is 271 Å². The molecule has 1 aliphatic carbocycles. The molecule has 0 bridgehead atoms. The first kappa shape index (κ1) is 29.4. The van der Waals surface area contributed by atoms with E-state index in [1.165, 1.54) is 0 Å². The van der Waals surface area contributed by atoms with Crippen molar-refractivity contribution in [3.05, 3.63) is 180 Å². The van der Waals surface area contributed by atoms with Gasteiger partial charge in [-0.1, -0.05) is 146 Å². The summed E-state index contributed by atoms with van der Waals surface area (Å²) >= 11 is 0. The fraction of sp³-hybridized carbons (Fsp3) is 0.0500. The number of hydrogen-bond acceptors (Lipinski definition) is 4. The summed E-state index contributed by atoms with van der Waals surface area (Å²) in [6.07, 6.45) is 0. The first-order chi connectivity index (χ1) is 22.4. The average molecular weight is 633 g/mol. The molecule has 224 valence electrons. The summed E-state index contributed by atoms with van der Waals surface area (Å²) in [7, 11) is -5.75. The monoisotopic (exact) mass is 632 g/mol. The number of fused-ring (bicyclic) bond motifs is 2. The minimum absolute atomic E-state index is 0.217. The molecular weight excluding hydrogens is 601 g/mol. The van der Waals surface area contributed by atoms with E-state index in [1.807, 2.05) is 84.9 Å². The molecular formula is C40H32O4Si2. The van der Waals surface area contributed by atoms with Crippen molar-refractivity contribution >= 4 is 48.9 Å². The van der Waals surface area contributed by atoms with Gasteiger partial charge in [0.15, 0.2) is 5.78 Å². The molecule has 0 spiro atoms. The van der Waals surface area contributed by atoms with Crippen LogP contribution in [0, 0.1) is 0 Å². The van der Waals surface area contributed by atoms with Crippen LogP contribution in [-0.4, -0.2) is 28.2 Å². The van der Waals surface area contributed by atoms with Crippen molar-refractivity contribution in [2.24, 2.45) is 0 Å². The van der Waals surface area contributed by atoms with Crippen LogP contribution < -0.4 is 29.6 Å². The van der Waals surface area contributed by atoms with Crippen LogP contribution in [0.4, 0.5) is 0 Å². The summed E-state index contributed by atoms with van der Waals surface area (Å²) in [6.45, 7) is 4.26. The molecule has 1 aliphatic rings. The van der Waals surface area contributed by atoms with Gasteiger partial charge in [-0.3, -0.25) is 9.59 Å². The molecule has 0 saturated carbocycles. The van der Waals surface area contributed by atoms with Crippen LogP contribution in [0.25, 0.3) is 0 Å². The molecule has 0 radical (unpaired) electrons. The van der Waals surface area contributed by atoms with E-state index in [-0.39, 0.29) is 22.7 Å². The predicted octanol–water partition coefficient (Wildman–Crippen LogP) is 6.00. The summed E-state index contributed by atoms with van der Waals surface area (Å²) in [5.74, 6) is 0.324. The van der Waals surface area contributed by atoms with Gasteiger partial charge in [0.05, 0.1) is 11.1 Å². The van der Waals surface area contributed by atoms with Gasteiger partial charge in [-0.2, -0.15) is 0 Å². The SMILES string of the molecule is C[Si](Oc1cccc2c1C(=O)c1c(O[Si](C)(c3ccccc3)c3ccccc3)cccc1C2=O)(c1ccccc1)c1ccccc1. The molecule has 0 aliphatic heterocycles. The van der Waals surface area contributed by atoms with Crippen LogP contribution in [-0.2, 0) is 0 Å². The van der Waals surface area contributed by atoms with Crippen LogP contribution in [0.1, 0.15) is 31.8 Å². The van der Waals surface area contributed by atoms with Crippen LogP contribution in [0.15, 0.2) is 158 Å². The van der Waals surface area contributed by atoms with Gasteiger partial charge in [-0.15, -0.1) is 0 Å². The van der Waals surface area contributed by atoms with Crippen molar-refractivity contribution < 1.29 is 18.4 Å². The highest BCUT2D eigenvalue weighted by atomic mass is 28.4. The van der Waals surface area contributed by atoms with Crippen LogP contribution in [0.5, 0.6) is 11.5 Å². The highest BCUT2D eigenvalue weighted by molar-refractivity contribution is 6.97. The Hall–Kier alpha value is -5.31. The van der Waals surface area contributed by atoms with Gasteiger partial charge in [-0.25, -0.2) is 0 Å². The molecule has 6 aromatic carbocycles. The third-order valence-electron chi connectivity index (χ3n) is 8.92. The van der Waals surface area contributed by atoms with E-state index in [0.29, 0.717) is 22.6 Å². The van der Waals surface area contributed by atoms with Gasteiger partial charge in [-0.05, 0) is 46.0 Å². The number of carbonyl (C=O) groups excluding carboxylic acids is 2. The van der Waals surface area contributed by atoms with E-state index >= 15 is 0 Å². The van der Waals surface area contributed by atoms with Crippen molar-refractivity contribution in [1.29, 1.82) is 0 Å². The first-order valence-corrected chi connectivity index (χ1v) is 20.2. The standard InChI is InChI=1S/C40H32O4Si2/c1-45(29-17-7-3-8-18-29,30-19-9-4-10-20-30)43-35-27-15-25-33-37(35)40(42)38-34(39(33)41)26-16-28-36(38)44-46(2,31-21-11-5-12-22-31)32-23-13-6-14-24-32/h3-28H,1-2H3. The molecule has 6 aromatic rings. The van der Waals surface area contributed by atoms with Gasteiger partial charge in [0.25, 0.3) is 0 Å². The van der Waals surface area contributed by atoms with Gasteiger partial charge >= 0.3 is 16.6 Å². The Balaban J connectivity index is 1.36. The Morgan fingerprint density at radius 1 is 0.370 bits per heavy atom. The van der Waals surface area contributed by atoms with E-state index in [9.17, 15) is 9.59 Å². The lowest BCUT2D eigenvalue weighted by Crippen LogP contribution is -2.61. The molecule has 0 atom stereocenters. The average Bonchev–Trinajstić information content (AvgIpc) is 3.12. The molecule has 0 aromatic heterocycles. The van der Waals surface area contributed by atoms with E-state index in [2.05, 4.69) is 61.6 Å². The van der Waals surface area contributed by atoms with E-state index < -0.39 is 16.6 Å². The molecule has 0 saturated heterocycles. The molecule has 46 heavy (non-hydrogen) atoms. The zero-order chi connectivity index (χ0) is 31.7. The molecule has 0 amide bonds. The van der Waals surface area contributed by atoms with Crippen LogP contribution >= 0.6 is 0 Å². The molecule has 0 unspecified atom stereocenters. The predicted molar refractivity (Wildman–Crippen MR) is 189 cm³/mol. The van der Waals surface area contributed by atoms with Crippen molar-refractivity contribution in [2.75, 3.05) is 0 Å². The van der Waals surface area contributed by atoms with Gasteiger partial charge in [0.2, 0.25) is 5.78 Å². The number of benzene rings is 6. The quantitative estimate of drug-likeness (QED) is 0.193. The summed E-state index contributed by atoms with van der Waals surface area (Å²) in [4.78, 5) is 28.9. The maximum Gasteiger partial charge on any atom is 0.311 e. The second-order valence-electron chi connectivity index (χ2n) is 11.8. The molecule has 6 heteroatoms. The summed E-state index contributed by atoms with van der Waals surface area (Å²) < 4.78 is 14.0. The maximum atomic E-state index is 14.7. The Morgan fingerprint density at radius 2 is 0.674 bits per heavy atom.